The lowest BCUT2D eigenvalue weighted by molar-refractivity contribution is -0.120. The van der Waals surface area contributed by atoms with Gasteiger partial charge in [0.2, 0.25) is 5.91 Å². The highest BCUT2D eigenvalue weighted by atomic mass is 32.1. The summed E-state index contributed by atoms with van der Waals surface area (Å²) in [6.45, 7) is 6.61. The molecule has 25 heavy (non-hydrogen) atoms. The second-order valence-electron chi connectivity index (χ2n) is 6.07. The van der Waals surface area contributed by atoms with Crippen molar-refractivity contribution in [2.24, 2.45) is 7.05 Å². The Bertz CT molecular complexity index is 891. The van der Waals surface area contributed by atoms with E-state index in [1.54, 1.807) is 22.7 Å². The number of rotatable bonds is 6. The van der Waals surface area contributed by atoms with Gasteiger partial charge in [-0.25, -0.2) is 4.98 Å². The molecule has 0 radical (unpaired) electrons. The summed E-state index contributed by atoms with van der Waals surface area (Å²) in [4.78, 5) is 19.2. The molecule has 0 saturated heterocycles. The van der Waals surface area contributed by atoms with Crippen molar-refractivity contribution in [1.29, 1.82) is 0 Å². The fourth-order valence-corrected chi connectivity index (χ4v) is 4.40. The van der Waals surface area contributed by atoms with E-state index in [0.29, 0.717) is 13.0 Å². The van der Waals surface area contributed by atoms with Crippen LogP contribution in [0.5, 0.6) is 0 Å². The topological polar surface area (TPSA) is 59.8 Å². The average Bonchev–Trinajstić information content (AvgIpc) is 3.25. The van der Waals surface area contributed by atoms with Crippen LogP contribution in [0, 0.1) is 20.8 Å². The molecular formula is C18H22N4OS2. The Morgan fingerprint density at radius 1 is 1.28 bits per heavy atom. The zero-order valence-corrected chi connectivity index (χ0v) is 16.6. The molecule has 0 aliphatic rings. The summed E-state index contributed by atoms with van der Waals surface area (Å²) < 4.78 is 1.82. The van der Waals surface area contributed by atoms with Crippen LogP contribution in [-0.4, -0.2) is 27.2 Å². The smallest absolute Gasteiger partial charge is 0.224 e. The minimum atomic E-state index is 0.0473. The monoisotopic (exact) mass is 374 g/mol. The maximum Gasteiger partial charge on any atom is 0.224 e. The quantitative estimate of drug-likeness (QED) is 0.719. The molecule has 3 heterocycles. The largest absolute Gasteiger partial charge is 0.355 e. The Balaban J connectivity index is 1.51. The molecule has 5 nitrogen and oxygen atoms in total. The lowest BCUT2D eigenvalue weighted by atomic mass is 10.1. The minimum Gasteiger partial charge on any atom is -0.355 e. The van der Waals surface area contributed by atoms with Gasteiger partial charge in [0.25, 0.3) is 0 Å². The highest BCUT2D eigenvalue weighted by molar-refractivity contribution is 7.16. The Labute approximate surface area is 155 Å². The first-order valence-corrected chi connectivity index (χ1v) is 9.90. The highest BCUT2D eigenvalue weighted by Crippen LogP contribution is 2.29. The Hall–Kier alpha value is -1.99. The van der Waals surface area contributed by atoms with Gasteiger partial charge in [0.05, 0.1) is 27.7 Å². The van der Waals surface area contributed by atoms with Crippen LogP contribution >= 0.6 is 22.7 Å². The van der Waals surface area contributed by atoms with Gasteiger partial charge in [-0.3, -0.25) is 9.48 Å². The fraction of sp³-hybridized carbons (Fsp3) is 0.389. The molecule has 1 amide bonds. The van der Waals surface area contributed by atoms with Crippen molar-refractivity contribution in [3.05, 3.63) is 44.3 Å². The van der Waals surface area contributed by atoms with Gasteiger partial charge in [-0.15, -0.1) is 22.7 Å². The van der Waals surface area contributed by atoms with Crippen LogP contribution in [0.1, 0.15) is 26.8 Å². The Kier molecular flexibility index (Phi) is 5.34. The summed E-state index contributed by atoms with van der Waals surface area (Å²) in [7, 11) is 1.90. The zero-order valence-electron chi connectivity index (χ0n) is 14.9. The second-order valence-corrected chi connectivity index (χ2v) is 8.30. The zero-order chi connectivity index (χ0) is 18.0. The summed E-state index contributed by atoms with van der Waals surface area (Å²) in [6, 6.07) is 4.23. The third-order valence-corrected chi connectivity index (χ3v) is 6.16. The molecule has 0 aromatic carbocycles. The number of aromatic nitrogens is 3. The Morgan fingerprint density at radius 2 is 2.08 bits per heavy atom. The normalized spacial score (nSPS) is 11.0. The van der Waals surface area contributed by atoms with Crippen molar-refractivity contribution in [3.8, 4) is 10.6 Å². The van der Waals surface area contributed by atoms with Crippen molar-refractivity contribution in [2.75, 3.05) is 6.54 Å². The molecular weight excluding hydrogens is 352 g/mol. The van der Waals surface area contributed by atoms with E-state index in [0.717, 1.165) is 34.1 Å². The fourth-order valence-electron chi connectivity index (χ4n) is 2.75. The molecule has 0 fully saturated rings. The van der Waals surface area contributed by atoms with Crippen molar-refractivity contribution >= 4 is 28.6 Å². The summed E-state index contributed by atoms with van der Waals surface area (Å²) in [6.07, 6.45) is 1.23. The number of amides is 1. The molecule has 3 aromatic rings. The number of carbonyl (C=O) groups excluding carboxylic acids is 1. The molecule has 132 valence electrons. The molecule has 0 unspecified atom stereocenters. The number of thiophene rings is 1. The highest BCUT2D eigenvalue weighted by Gasteiger charge is 2.13. The standard InChI is InChI=1S/C18H22N4OS2/c1-11-15(12(2)22(4)21-11)9-18(23)19-8-7-14-5-6-17(25-14)16-10-24-13(3)20-16/h5-6,10H,7-9H2,1-4H3,(H,19,23). The van der Waals surface area contributed by atoms with Gasteiger partial charge in [0.1, 0.15) is 0 Å². The van der Waals surface area contributed by atoms with E-state index in [9.17, 15) is 4.79 Å². The predicted octanol–water partition coefficient (Wildman–Crippen LogP) is 3.43. The van der Waals surface area contributed by atoms with Crippen molar-refractivity contribution < 1.29 is 4.79 Å². The first kappa shape index (κ1) is 17.8. The maximum atomic E-state index is 12.2. The average molecular weight is 375 g/mol. The summed E-state index contributed by atoms with van der Waals surface area (Å²) in [5.74, 6) is 0.0473. The summed E-state index contributed by atoms with van der Waals surface area (Å²) in [5.41, 5.74) is 4.05. The van der Waals surface area contributed by atoms with E-state index in [4.69, 9.17) is 0 Å². The number of nitrogens with zero attached hydrogens (tertiary/aromatic N) is 3. The van der Waals surface area contributed by atoms with Crippen LogP contribution in [0.25, 0.3) is 10.6 Å². The molecule has 0 aliphatic heterocycles. The molecule has 0 bridgehead atoms. The van der Waals surface area contributed by atoms with Crippen LogP contribution in [0.2, 0.25) is 0 Å². The molecule has 3 rings (SSSR count). The van der Waals surface area contributed by atoms with E-state index < -0.39 is 0 Å². The van der Waals surface area contributed by atoms with Crippen LogP contribution in [-0.2, 0) is 24.7 Å². The van der Waals surface area contributed by atoms with Crippen LogP contribution in [0.4, 0.5) is 0 Å². The van der Waals surface area contributed by atoms with Gasteiger partial charge < -0.3 is 5.32 Å². The SMILES string of the molecule is Cc1nc(-c2ccc(CCNC(=O)Cc3c(C)nn(C)c3C)s2)cs1. The second kappa shape index (κ2) is 7.49. The van der Waals surface area contributed by atoms with Crippen molar-refractivity contribution in [1.82, 2.24) is 20.1 Å². The van der Waals surface area contributed by atoms with Gasteiger partial charge in [0, 0.05) is 35.1 Å². The van der Waals surface area contributed by atoms with E-state index in [-0.39, 0.29) is 5.91 Å². The van der Waals surface area contributed by atoms with E-state index >= 15 is 0 Å². The van der Waals surface area contributed by atoms with Crippen molar-refractivity contribution in [3.63, 3.8) is 0 Å². The van der Waals surface area contributed by atoms with Gasteiger partial charge in [-0.05, 0) is 39.3 Å². The van der Waals surface area contributed by atoms with E-state index in [2.05, 4.69) is 32.9 Å². The Morgan fingerprint density at radius 3 is 2.72 bits per heavy atom. The summed E-state index contributed by atoms with van der Waals surface area (Å²) in [5, 5.41) is 10.5. The minimum absolute atomic E-state index is 0.0473. The number of thiazole rings is 1. The van der Waals surface area contributed by atoms with Crippen LogP contribution < -0.4 is 5.32 Å². The van der Waals surface area contributed by atoms with Crippen molar-refractivity contribution in [2.45, 2.75) is 33.6 Å². The molecule has 3 aromatic heterocycles. The number of hydrogen-bond donors (Lipinski definition) is 1. The molecule has 0 aliphatic carbocycles. The first-order chi connectivity index (χ1) is 11.9. The lowest BCUT2D eigenvalue weighted by Gasteiger charge is -2.05. The maximum absolute atomic E-state index is 12.2. The van der Waals surface area contributed by atoms with E-state index in [1.807, 2.05) is 32.5 Å². The molecule has 0 saturated carbocycles. The van der Waals surface area contributed by atoms with Crippen LogP contribution in [0.15, 0.2) is 17.5 Å². The third-order valence-electron chi connectivity index (χ3n) is 4.22. The van der Waals surface area contributed by atoms with Gasteiger partial charge >= 0.3 is 0 Å². The lowest BCUT2D eigenvalue weighted by Crippen LogP contribution is -2.27. The molecule has 0 atom stereocenters. The third kappa shape index (κ3) is 4.16. The predicted molar refractivity (Wildman–Crippen MR) is 103 cm³/mol. The van der Waals surface area contributed by atoms with Gasteiger partial charge in [-0.2, -0.15) is 5.10 Å². The molecule has 1 N–H and O–H groups in total. The molecule has 0 spiro atoms. The number of aryl methyl sites for hydroxylation is 3. The molecule has 7 heteroatoms. The number of hydrogen-bond acceptors (Lipinski definition) is 5. The first-order valence-electron chi connectivity index (χ1n) is 8.21. The van der Waals surface area contributed by atoms with Gasteiger partial charge in [0.15, 0.2) is 0 Å². The summed E-state index contributed by atoms with van der Waals surface area (Å²) >= 11 is 3.41. The van der Waals surface area contributed by atoms with Gasteiger partial charge in [-0.1, -0.05) is 0 Å². The number of nitrogens with one attached hydrogen (secondary N) is 1. The number of carbonyl (C=O) groups is 1. The van der Waals surface area contributed by atoms with Crippen LogP contribution in [0.3, 0.4) is 0 Å². The van der Waals surface area contributed by atoms with E-state index in [1.165, 1.54) is 9.75 Å².